The van der Waals surface area contributed by atoms with Gasteiger partial charge in [0, 0.05) is 0 Å². The molecule has 0 heteroatoms. The van der Waals surface area contributed by atoms with Crippen LogP contribution in [-0.4, -0.2) is 0 Å². The van der Waals surface area contributed by atoms with Crippen molar-refractivity contribution in [2.24, 2.45) is 11.8 Å². The van der Waals surface area contributed by atoms with Crippen LogP contribution in [-0.2, 0) is 0 Å². The Bertz CT molecular complexity index is 768. The highest BCUT2D eigenvalue weighted by Gasteiger charge is 2.23. The summed E-state index contributed by atoms with van der Waals surface area (Å²) in [6.45, 7) is 4.66. The fraction of sp³-hybridized carbons (Fsp3) is 0.625. The zero-order chi connectivity index (χ0) is 22.2. The Labute approximate surface area is 198 Å². The Balaban J connectivity index is 1.28. The Hall–Kier alpha value is -1.56. The number of rotatable bonds is 9. The highest BCUT2D eigenvalue weighted by Crippen LogP contribution is 2.39. The number of benzene rings is 2. The largest absolute Gasteiger partial charge is 0.0654 e. The molecule has 0 nitrogen and oxygen atoms in total. The third-order valence-electron chi connectivity index (χ3n) is 8.83. The molecular formula is C32H46. The van der Waals surface area contributed by atoms with E-state index in [1.54, 1.807) is 11.1 Å². The molecule has 2 aliphatic carbocycles. The van der Waals surface area contributed by atoms with Crippen molar-refractivity contribution in [1.82, 2.24) is 0 Å². The smallest absolute Gasteiger partial charge is 0.0162 e. The summed E-state index contributed by atoms with van der Waals surface area (Å²) >= 11 is 0. The lowest BCUT2D eigenvalue weighted by atomic mass is 9.76. The lowest BCUT2D eigenvalue weighted by Gasteiger charge is -2.29. The molecular weight excluding hydrogens is 384 g/mol. The molecule has 0 atom stereocenters. The van der Waals surface area contributed by atoms with E-state index >= 15 is 0 Å². The Kier molecular flexibility index (Phi) is 8.89. The van der Waals surface area contributed by atoms with E-state index in [1.807, 2.05) is 0 Å². The highest BCUT2D eigenvalue weighted by atomic mass is 14.3. The number of hydrogen-bond donors (Lipinski definition) is 0. The van der Waals surface area contributed by atoms with Crippen LogP contribution < -0.4 is 0 Å². The molecule has 0 unspecified atom stereocenters. The van der Waals surface area contributed by atoms with Gasteiger partial charge in [-0.3, -0.25) is 0 Å². The Morgan fingerprint density at radius 3 is 1.44 bits per heavy atom. The fourth-order valence-electron chi connectivity index (χ4n) is 6.44. The summed E-state index contributed by atoms with van der Waals surface area (Å²) in [7, 11) is 0. The standard InChI is InChI=1S/C32H46/c1-3-5-6-7-8-26-11-15-28(16-12-26)30-19-23-32(24-20-30)31-21-17-29(18-22-31)27-13-9-25(4-2)10-14-27/h17-28H,3-16H2,1-2H3/t25-,26-,27-,28-. The maximum Gasteiger partial charge on any atom is -0.0162 e. The summed E-state index contributed by atoms with van der Waals surface area (Å²) < 4.78 is 0. The first-order valence-electron chi connectivity index (χ1n) is 14.0. The van der Waals surface area contributed by atoms with Gasteiger partial charge in [0.15, 0.2) is 0 Å². The van der Waals surface area contributed by atoms with Crippen LogP contribution >= 0.6 is 0 Å². The maximum atomic E-state index is 2.42. The summed E-state index contributed by atoms with van der Waals surface area (Å²) in [5.74, 6) is 3.55. The average Bonchev–Trinajstić information content (AvgIpc) is 2.87. The van der Waals surface area contributed by atoms with Crippen molar-refractivity contribution < 1.29 is 0 Å². The molecule has 2 saturated carbocycles. The zero-order valence-electron chi connectivity index (χ0n) is 20.8. The maximum absolute atomic E-state index is 2.42. The average molecular weight is 431 g/mol. The molecule has 0 saturated heterocycles. The predicted octanol–water partition coefficient (Wildman–Crippen LogP) is 10.3. The third-order valence-corrected chi connectivity index (χ3v) is 8.83. The predicted molar refractivity (Wildman–Crippen MR) is 140 cm³/mol. The van der Waals surface area contributed by atoms with Gasteiger partial charge in [-0.2, -0.15) is 0 Å². The quantitative estimate of drug-likeness (QED) is 0.347. The molecule has 0 spiro atoms. The van der Waals surface area contributed by atoms with E-state index in [9.17, 15) is 0 Å². The summed E-state index contributed by atoms with van der Waals surface area (Å²) in [6, 6.07) is 19.1. The summed E-state index contributed by atoms with van der Waals surface area (Å²) in [5.41, 5.74) is 5.88. The van der Waals surface area contributed by atoms with Crippen molar-refractivity contribution >= 4 is 0 Å². The van der Waals surface area contributed by atoms with Gasteiger partial charge in [0.05, 0.1) is 0 Å². The van der Waals surface area contributed by atoms with Gasteiger partial charge >= 0.3 is 0 Å². The second kappa shape index (κ2) is 12.1. The van der Waals surface area contributed by atoms with Crippen molar-refractivity contribution in [3.05, 3.63) is 59.7 Å². The van der Waals surface area contributed by atoms with Gasteiger partial charge in [-0.15, -0.1) is 0 Å². The summed E-state index contributed by atoms with van der Waals surface area (Å²) in [6.07, 6.45) is 19.8. The zero-order valence-corrected chi connectivity index (χ0v) is 20.8. The van der Waals surface area contributed by atoms with Gasteiger partial charge in [-0.1, -0.05) is 101 Å². The van der Waals surface area contributed by atoms with E-state index in [4.69, 9.17) is 0 Å². The lowest BCUT2D eigenvalue weighted by Crippen LogP contribution is -2.13. The van der Waals surface area contributed by atoms with Crippen LogP contribution in [0.3, 0.4) is 0 Å². The van der Waals surface area contributed by atoms with E-state index in [-0.39, 0.29) is 0 Å². The first-order valence-corrected chi connectivity index (χ1v) is 14.0. The lowest BCUT2D eigenvalue weighted by molar-refractivity contribution is 0.302. The molecule has 0 radical (unpaired) electrons. The monoisotopic (exact) mass is 430 g/mol. The minimum absolute atomic E-state index is 0.788. The van der Waals surface area contributed by atoms with E-state index in [0.717, 1.165) is 23.7 Å². The first-order chi connectivity index (χ1) is 15.8. The minimum atomic E-state index is 0.788. The first kappa shape index (κ1) is 23.6. The SMILES string of the molecule is CCCCCC[C@H]1CC[C@H](c2ccc(-c3ccc([C@H]4CC[C@H](CC)CC4)cc3)cc2)CC1. The number of hydrogen-bond acceptors (Lipinski definition) is 0. The van der Waals surface area contributed by atoms with Gasteiger partial charge in [-0.25, -0.2) is 0 Å². The molecule has 0 amide bonds. The van der Waals surface area contributed by atoms with E-state index in [2.05, 4.69) is 62.4 Å². The highest BCUT2D eigenvalue weighted by molar-refractivity contribution is 5.64. The molecule has 0 N–H and O–H groups in total. The van der Waals surface area contributed by atoms with Crippen LogP contribution in [0, 0.1) is 11.8 Å². The molecule has 2 aromatic rings. The number of unbranched alkanes of at least 4 members (excludes halogenated alkanes) is 3. The fourth-order valence-corrected chi connectivity index (χ4v) is 6.44. The molecule has 0 bridgehead atoms. The topological polar surface area (TPSA) is 0 Å². The second-order valence-electron chi connectivity index (χ2n) is 10.9. The van der Waals surface area contributed by atoms with E-state index in [0.29, 0.717) is 0 Å². The van der Waals surface area contributed by atoms with Crippen LogP contribution in [0.25, 0.3) is 11.1 Å². The summed E-state index contributed by atoms with van der Waals surface area (Å²) in [5, 5.41) is 0. The van der Waals surface area contributed by atoms with Crippen LogP contribution in [0.15, 0.2) is 48.5 Å². The third kappa shape index (κ3) is 6.27. The van der Waals surface area contributed by atoms with Crippen LogP contribution in [0.4, 0.5) is 0 Å². The van der Waals surface area contributed by atoms with Crippen molar-refractivity contribution in [1.29, 1.82) is 0 Å². The minimum Gasteiger partial charge on any atom is -0.0654 e. The van der Waals surface area contributed by atoms with Gasteiger partial charge in [0.1, 0.15) is 0 Å². The van der Waals surface area contributed by atoms with Crippen molar-refractivity contribution in [3.8, 4) is 11.1 Å². The molecule has 2 fully saturated rings. The van der Waals surface area contributed by atoms with Crippen LogP contribution in [0.2, 0.25) is 0 Å². The molecule has 174 valence electrons. The van der Waals surface area contributed by atoms with Gasteiger partial charge < -0.3 is 0 Å². The Morgan fingerprint density at radius 1 is 0.531 bits per heavy atom. The molecule has 32 heavy (non-hydrogen) atoms. The molecule has 0 aliphatic heterocycles. The molecule has 2 aromatic carbocycles. The normalized spacial score (nSPS) is 26.2. The van der Waals surface area contributed by atoms with Crippen LogP contribution in [0.5, 0.6) is 0 Å². The van der Waals surface area contributed by atoms with Gasteiger partial charge in [0.2, 0.25) is 0 Å². The molecule has 0 heterocycles. The Morgan fingerprint density at radius 2 is 1.00 bits per heavy atom. The molecule has 2 aliphatic rings. The summed E-state index contributed by atoms with van der Waals surface area (Å²) in [4.78, 5) is 0. The van der Waals surface area contributed by atoms with Crippen molar-refractivity contribution in [3.63, 3.8) is 0 Å². The van der Waals surface area contributed by atoms with Crippen molar-refractivity contribution in [2.45, 2.75) is 116 Å². The van der Waals surface area contributed by atoms with Gasteiger partial charge in [-0.05, 0) is 97.3 Å². The molecule has 0 aromatic heterocycles. The van der Waals surface area contributed by atoms with Crippen molar-refractivity contribution in [2.75, 3.05) is 0 Å². The van der Waals surface area contributed by atoms with E-state index in [1.165, 1.54) is 101 Å². The second-order valence-corrected chi connectivity index (χ2v) is 10.9. The molecule has 4 rings (SSSR count). The van der Waals surface area contributed by atoms with Crippen LogP contribution in [0.1, 0.15) is 127 Å². The van der Waals surface area contributed by atoms with E-state index < -0.39 is 0 Å². The van der Waals surface area contributed by atoms with Gasteiger partial charge in [0.25, 0.3) is 0 Å².